The number of nitrogens with zero attached hydrogens (tertiary/aromatic N) is 3. The molecule has 3 rings (SSSR count). The minimum Gasteiger partial charge on any atom is -0.369 e. The van der Waals surface area contributed by atoms with Crippen LogP contribution < -0.4 is 5.32 Å². The predicted molar refractivity (Wildman–Crippen MR) is 78.3 cm³/mol. The summed E-state index contributed by atoms with van der Waals surface area (Å²) in [5.41, 5.74) is 3.11. The second-order valence-corrected chi connectivity index (χ2v) is 5.74. The molecule has 0 spiro atoms. The van der Waals surface area contributed by atoms with Crippen LogP contribution in [-0.2, 0) is 24.8 Å². The van der Waals surface area contributed by atoms with E-state index in [1.807, 2.05) is 27.8 Å². The van der Waals surface area contributed by atoms with E-state index in [4.69, 9.17) is 9.26 Å². The van der Waals surface area contributed by atoms with Gasteiger partial charge in [-0.15, -0.1) is 0 Å². The van der Waals surface area contributed by atoms with Crippen molar-refractivity contribution in [3.8, 4) is 0 Å². The van der Waals surface area contributed by atoms with Crippen molar-refractivity contribution in [2.75, 3.05) is 0 Å². The first-order valence-electron chi connectivity index (χ1n) is 7.37. The Balaban J connectivity index is 1.80. The molecule has 3 heterocycles. The highest BCUT2D eigenvalue weighted by molar-refractivity contribution is 5.94. The fraction of sp³-hybridized carbons (Fsp3) is 0.533. The molecule has 0 saturated heterocycles. The molecule has 0 aromatic carbocycles. The molecular weight excluding hydrogens is 284 g/mol. The summed E-state index contributed by atoms with van der Waals surface area (Å²) in [6.45, 7) is 6.13. The molecule has 1 N–H and O–H groups in total. The van der Waals surface area contributed by atoms with Gasteiger partial charge in [0, 0.05) is 25.1 Å². The first-order chi connectivity index (χ1) is 10.5. The number of amides is 1. The third-order valence-corrected chi connectivity index (χ3v) is 3.83. The van der Waals surface area contributed by atoms with Crippen LogP contribution >= 0.6 is 0 Å². The second-order valence-electron chi connectivity index (χ2n) is 5.74. The van der Waals surface area contributed by atoms with Crippen molar-refractivity contribution < 1.29 is 14.1 Å². The molecule has 0 bridgehead atoms. The summed E-state index contributed by atoms with van der Waals surface area (Å²) in [7, 11) is 1.84. The zero-order valence-electron chi connectivity index (χ0n) is 13.2. The summed E-state index contributed by atoms with van der Waals surface area (Å²) < 4.78 is 12.5. The van der Waals surface area contributed by atoms with Crippen LogP contribution in [0, 0.1) is 6.92 Å². The van der Waals surface area contributed by atoms with Gasteiger partial charge < -0.3 is 14.6 Å². The van der Waals surface area contributed by atoms with Crippen LogP contribution in [0.1, 0.15) is 53.2 Å². The average Bonchev–Trinajstić information content (AvgIpc) is 3.00. The van der Waals surface area contributed by atoms with Crippen molar-refractivity contribution in [3.05, 3.63) is 34.5 Å². The molecule has 2 aromatic rings. The molecule has 0 radical (unpaired) electrons. The smallest absolute Gasteiger partial charge is 0.272 e. The van der Waals surface area contributed by atoms with E-state index in [-0.39, 0.29) is 18.1 Å². The van der Waals surface area contributed by atoms with Crippen LogP contribution in [0.25, 0.3) is 0 Å². The van der Waals surface area contributed by atoms with Gasteiger partial charge in [-0.05, 0) is 20.8 Å². The van der Waals surface area contributed by atoms with Crippen LogP contribution in [-0.4, -0.2) is 26.9 Å². The van der Waals surface area contributed by atoms with E-state index in [1.54, 1.807) is 10.7 Å². The van der Waals surface area contributed by atoms with E-state index < -0.39 is 0 Å². The number of hydrogen-bond donors (Lipinski definition) is 1. The lowest BCUT2D eigenvalue weighted by Crippen LogP contribution is -2.27. The van der Waals surface area contributed by atoms with Gasteiger partial charge in [-0.1, -0.05) is 5.16 Å². The van der Waals surface area contributed by atoms with Gasteiger partial charge >= 0.3 is 0 Å². The first-order valence-corrected chi connectivity index (χ1v) is 7.37. The molecule has 7 nitrogen and oxygen atoms in total. The standard InChI is InChI=1S/C15H20N4O3/c1-8-6-12-13(17-19(4)14(12)10(3)21-8)15(20)16-7-11-5-9(2)22-18-11/h5,8,10H,6-7H2,1-4H3,(H,16,20)/t8-,10+/m1/s1. The molecule has 7 heteroatoms. The predicted octanol–water partition coefficient (Wildman–Crippen LogP) is 1.67. The Morgan fingerprint density at radius 3 is 2.95 bits per heavy atom. The van der Waals surface area contributed by atoms with E-state index in [9.17, 15) is 4.79 Å². The van der Waals surface area contributed by atoms with Gasteiger partial charge in [0.05, 0.1) is 24.4 Å². The molecule has 0 aliphatic carbocycles. The molecule has 2 aromatic heterocycles. The number of fused-ring (bicyclic) bond motifs is 1. The van der Waals surface area contributed by atoms with Gasteiger partial charge in [0.15, 0.2) is 5.69 Å². The van der Waals surface area contributed by atoms with E-state index in [2.05, 4.69) is 15.6 Å². The van der Waals surface area contributed by atoms with E-state index >= 15 is 0 Å². The monoisotopic (exact) mass is 304 g/mol. The lowest BCUT2D eigenvalue weighted by Gasteiger charge is -2.26. The van der Waals surface area contributed by atoms with Crippen molar-refractivity contribution in [3.63, 3.8) is 0 Å². The maximum Gasteiger partial charge on any atom is 0.272 e. The Hall–Kier alpha value is -2.15. The molecule has 1 aliphatic heterocycles. The van der Waals surface area contributed by atoms with Gasteiger partial charge in [-0.3, -0.25) is 9.48 Å². The molecule has 22 heavy (non-hydrogen) atoms. The zero-order chi connectivity index (χ0) is 15.9. The molecule has 2 atom stereocenters. The minimum atomic E-state index is -0.196. The maximum absolute atomic E-state index is 12.4. The van der Waals surface area contributed by atoms with Crippen molar-refractivity contribution in [1.82, 2.24) is 20.3 Å². The van der Waals surface area contributed by atoms with E-state index in [0.717, 1.165) is 17.0 Å². The van der Waals surface area contributed by atoms with Crippen LogP contribution in [0.5, 0.6) is 0 Å². The highest BCUT2D eigenvalue weighted by Crippen LogP contribution is 2.31. The number of rotatable bonds is 3. The normalized spacial score (nSPS) is 20.7. The van der Waals surface area contributed by atoms with Crippen molar-refractivity contribution in [2.45, 2.75) is 45.9 Å². The third kappa shape index (κ3) is 2.64. The second kappa shape index (κ2) is 5.57. The molecule has 1 amide bonds. The van der Waals surface area contributed by atoms with Gasteiger partial charge in [-0.25, -0.2) is 0 Å². The Kier molecular flexibility index (Phi) is 3.74. The maximum atomic E-state index is 12.4. The Morgan fingerprint density at radius 1 is 1.50 bits per heavy atom. The number of hydrogen-bond acceptors (Lipinski definition) is 5. The fourth-order valence-electron chi connectivity index (χ4n) is 2.98. The minimum absolute atomic E-state index is 0.0593. The SMILES string of the molecule is Cc1cc(CNC(=O)c2nn(C)c3c2C[C@@H](C)O[C@H]3C)no1. The highest BCUT2D eigenvalue weighted by atomic mass is 16.5. The molecule has 0 unspecified atom stereocenters. The summed E-state index contributed by atoms with van der Waals surface area (Å²) in [5.74, 6) is 0.526. The third-order valence-electron chi connectivity index (χ3n) is 3.83. The number of carbonyl (C=O) groups is 1. The van der Waals surface area contributed by atoms with E-state index in [0.29, 0.717) is 24.4 Å². The topological polar surface area (TPSA) is 82.2 Å². The summed E-state index contributed by atoms with van der Waals surface area (Å²) in [5, 5.41) is 11.1. The average molecular weight is 304 g/mol. The van der Waals surface area contributed by atoms with Crippen LogP contribution in [0.15, 0.2) is 10.6 Å². The largest absolute Gasteiger partial charge is 0.369 e. The summed E-state index contributed by atoms with van der Waals surface area (Å²) >= 11 is 0. The zero-order valence-corrected chi connectivity index (χ0v) is 13.2. The Labute approximate surface area is 128 Å². The first kappa shape index (κ1) is 14.8. The quantitative estimate of drug-likeness (QED) is 0.932. The summed E-state index contributed by atoms with van der Waals surface area (Å²) in [4.78, 5) is 12.4. The summed E-state index contributed by atoms with van der Waals surface area (Å²) in [6, 6.07) is 1.80. The van der Waals surface area contributed by atoms with Crippen molar-refractivity contribution in [1.29, 1.82) is 0 Å². The number of aromatic nitrogens is 3. The van der Waals surface area contributed by atoms with Crippen molar-refractivity contribution >= 4 is 5.91 Å². The number of nitrogens with one attached hydrogen (secondary N) is 1. The van der Waals surface area contributed by atoms with Crippen LogP contribution in [0.3, 0.4) is 0 Å². The number of ether oxygens (including phenoxy) is 1. The molecule has 0 fully saturated rings. The lowest BCUT2D eigenvalue weighted by molar-refractivity contribution is -0.00903. The fourth-order valence-corrected chi connectivity index (χ4v) is 2.98. The molecule has 118 valence electrons. The Bertz CT molecular complexity index is 704. The van der Waals surface area contributed by atoms with Crippen LogP contribution in [0.2, 0.25) is 0 Å². The number of aryl methyl sites for hydroxylation is 2. The molecule has 1 aliphatic rings. The van der Waals surface area contributed by atoms with Crippen LogP contribution in [0.4, 0.5) is 0 Å². The lowest BCUT2D eigenvalue weighted by atomic mass is 9.99. The van der Waals surface area contributed by atoms with Gasteiger partial charge in [0.1, 0.15) is 11.5 Å². The molecular formula is C15H20N4O3. The van der Waals surface area contributed by atoms with Gasteiger partial charge in [0.2, 0.25) is 0 Å². The Morgan fingerprint density at radius 2 is 2.27 bits per heavy atom. The highest BCUT2D eigenvalue weighted by Gasteiger charge is 2.31. The molecule has 0 saturated carbocycles. The van der Waals surface area contributed by atoms with Gasteiger partial charge in [-0.2, -0.15) is 5.10 Å². The van der Waals surface area contributed by atoms with Crippen molar-refractivity contribution in [2.24, 2.45) is 7.05 Å². The van der Waals surface area contributed by atoms with E-state index in [1.165, 1.54) is 0 Å². The number of carbonyl (C=O) groups excluding carboxylic acids is 1. The van der Waals surface area contributed by atoms with Gasteiger partial charge in [0.25, 0.3) is 5.91 Å². The summed E-state index contributed by atoms with van der Waals surface area (Å²) in [6.07, 6.45) is 0.715.